The molecular formula is C27H34Cl2N6O2S. The van der Waals surface area contributed by atoms with Gasteiger partial charge in [0.1, 0.15) is 10.8 Å². The van der Waals surface area contributed by atoms with Gasteiger partial charge >= 0.3 is 6.09 Å². The Balaban J connectivity index is 1.34. The van der Waals surface area contributed by atoms with Gasteiger partial charge in [-0.25, -0.2) is 19.7 Å². The molecule has 38 heavy (non-hydrogen) atoms. The summed E-state index contributed by atoms with van der Waals surface area (Å²) < 4.78 is 7.64. The second kappa shape index (κ2) is 10.1. The standard InChI is InChI=1S/C27H34Cl2N6O2S/c1-17-15-18(20(28)21(29)32-17)38-19-16-31-23(35-14-11-30-22(19)35)34-12-9-27(10-13-34)8-6-7-26(27,5)33-24(36)37-25(2,3)4/h11,14-16H,6-10,12-13H2,1-5H3,(H,33,36). The summed E-state index contributed by atoms with van der Waals surface area (Å²) in [4.78, 5) is 30.4. The second-order valence-electron chi connectivity index (χ2n) is 11.6. The van der Waals surface area contributed by atoms with Crippen LogP contribution in [0.2, 0.25) is 10.2 Å². The monoisotopic (exact) mass is 576 g/mol. The van der Waals surface area contributed by atoms with Crippen LogP contribution in [0.4, 0.5) is 10.7 Å². The van der Waals surface area contributed by atoms with Gasteiger partial charge in [0.05, 0.1) is 9.92 Å². The van der Waals surface area contributed by atoms with Crippen molar-refractivity contribution in [3.05, 3.63) is 40.5 Å². The van der Waals surface area contributed by atoms with Crippen LogP contribution in [0.15, 0.2) is 34.4 Å². The van der Waals surface area contributed by atoms with Crippen molar-refractivity contribution in [1.82, 2.24) is 24.7 Å². The minimum Gasteiger partial charge on any atom is -0.444 e. The average molecular weight is 578 g/mol. The number of fused-ring (bicyclic) bond motifs is 1. The van der Waals surface area contributed by atoms with Gasteiger partial charge in [-0.05, 0) is 71.8 Å². The fraction of sp³-hybridized carbons (Fsp3) is 0.556. The fourth-order valence-electron chi connectivity index (χ4n) is 5.95. The van der Waals surface area contributed by atoms with Gasteiger partial charge in [0.15, 0.2) is 5.65 Å². The molecule has 3 aromatic heterocycles. The summed E-state index contributed by atoms with van der Waals surface area (Å²) in [6.45, 7) is 11.5. The Morgan fingerprint density at radius 3 is 2.58 bits per heavy atom. The number of alkyl carbamates (subject to hydrolysis) is 1. The first-order valence-corrected chi connectivity index (χ1v) is 14.6. The third-order valence-corrected chi connectivity index (χ3v) is 9.80. The number of nitrogens with zero attached hydrogens (tertiary/aromatic N) is 5. The highest BCUT2D eigenvalue weighted by Gasteiger charge is 2.54. The number of piperidine rings is 1. The summed E-state index contributed by atoms with van der Waals surface area (Å²) in [6.07, 6.45) is 10.4. The van der Waals surface area contributed by atoms with E-state index in [1.165, 1.54) is 11.8 Å². The van der Waals surface area contributed by atoms with E-state index in [9.17, 15) is 4.79 Å². The molecule has 0 radical (unpaired) electrons. The Labute approximate surface area is 237 Å². The summed E-state index contributed by atoms with van der Waals surface area (Å²) in [7, 11) is 0. The molecule has 1 spiro atoms. The van der Waals surface area contributed by atoms with Gasteiger partial charge in [0, 0.05) is 47.8 Å². The van der Waals surface area contributed by atoms with Gasteiger partial charge in [-0.15, -0.1) is 0 Å². The topological polar surface area (TPSA) is 84.7 Å². The average Bonchev–Trinajstić information content (AvgIpc) is 3.42. The van der Waals surface area contributed by atoms with Crippen molar-refractivity contribution in [3.8, 4) is 0 Å². The first kappa shape index (κ1) is 27.3. The summed E-state index contributed by atoms with van der Waals surface area (Å²) >= 11 is 14.1. The highest BCUT2D eigenvalue weighted by molar-refractivity contribution is 7.99. The van der Waals surface area contributed by atoms with Gasteiger partial charge in [-0.3, -0.25) is 4.40 Å². The Bertz CT molecular complexity index is 1370. The molecule has 4 heterocycles. The van der Waals surface area contributed by atoms with Crippen molar-refractivity contribution in [2.45, 2.75) is 87.7 Å². The molecular weight excluding hydrogens is 543 g/mol. The molecule has 1 atom stereocenters. The van der Waals surface area contributed by atoms with Crippen LogP contribution in [-0.2, 0) is 4.74 Å². The van der Waals surface area contributed by atoms with Crippen LogP contribution < -0.4 is 10.2 Å². The van der Waals surface area contributed by atoms with Gasteiger partial charge in [-0.2, -0.15) is 0 Å². The lowest BCUT2D eigenvalue weighted by atomic mass is 9.66. The lowest BCUT2D eigenvalue weighted by Crippen LogP contribution is -2.59. The highest BCUT2D eigenvalue weighted by atomic mass is 35.5. The molecule has 1 unspecified atom stereocenters. The zero-order chi connectivity index (χ0) is 27.3. The number of halogens is 2. The maximum atomic E-state index is 12.7. The van der Waals surface area contributed by atoms with Crippen molar-refractivity contribution < 1.29 is 9.53 Å². The minimum absolute atomic E-state index is 0.0411. The minimum atomic E-state index is -0.518. The molecule has 1 aliphatic heterocycles. The van der Waals surface area contributed by atoms with Crippen LogP contribution in [0.5, 0.6) is 0 Å². The molecule has 3 aromatic rings. The van der Waals surface area contributed by atoms with E-state index in [0.29, 0.717) is 10.2 Å². The largest absolute Gasteiger partial charge is 0.444 e. The smallest absolute Gasteiger partial charge is 0.408 e. The molecule has 8 nitrogen and oxygen atoms in total. The van der Waals surface area contributed by atoms with E-state index in [4.69, 9.17) is 32.9 Å². The highest BCUT2D eigenvalue weighted by Crippen LogP contribution is 2.53. The van der Waals surface area contributed by atoms with Crippen molar-refractivity contribution in [1.29, 1.82) is 0 Å². The zero-order valence-electron chi connectivity index (χ0n) is 22.5. The lowest BCUT2D eigenvalue weighted by Gasteiger charge is -2.49. The van der Waals surface area contributed by atoms with E-state index in [1.54, 1.807) is 6.20 Å². The number of ether oxygens (including phenoxy) is 1. The van der Waals surface area contributed by atoms with Gasteiger partial charge < -0.3 is 15.0 Å². The van der Waals surface area contributed by atoms with Gasteiger partial charge in [0.2, 0.25) is 5.95 Å². The molecule has 0 aromatic carbocycles. The molecule has 1 aliphatic carbocycles. The maximum absolute atomic E-state index is 12.7. The predicted molar refractivity (Wildman–Crippen MR) is 152 cm³/mol. The molecule has 2 fully saturated rings. The van der Waals surface area contributed by atoms with Crippen LogP contribution in [0.25, 0.3) is 5.65 Å². The van der Waals surface area contributed by atoms with Gasteiger partial charge in [0.25, 0.3) is 0 Å². The fourth-order valence-corrected chi connectivity index (χ4v) is 7.46. The van der Waals surface area contributed by atoms with Crippen molar-refractivity contribution in [2.75, 3.05) is 18.0 Å². The summed E-state index contributed by atoms with van der Waals surface area (Å²) in [5, 5.41) is 3.98. The van der Waals surface area contributed by atoms with Crippen LogP contribution >= 0.6 is 35.0 Å². The molecule has 2 aliphatic rings. The third-order valence-electron chi connectivity index (χ3n) is 7.89. The third kappa shape index (κ3) is 5.17. The number of imidazole rings is 1. The number of pyridine rings is 1. The number of carbonyl (C=O) groups excluding carboxylic acids is 1. The molecule has 1 saturated heterocycles. The molecule has 0 bridgehead atoms. The second-order valence-corrected chi connectivity index (χ2v) is 13.4. The van der Waals surface area contributed by atoms with E-state index in [1.807, 2.05) is 50.6 Å². The summed E-state index contributed by atoms with van der Waals surface area (Å²) in [5.41, 5.74) is 0.852. The number of anilines is 1. The molecule has 204 valence electrons. The Hall–Kier alpha value is -2.23. The van der Waals surface area contributed by atoms with Crippen molar-refractivity contribution in [3.63, 3.8) is 0 Å². The van der Waals surface area contributed by atoms with E-state index in [-0.39, 0.29) is 17.0 Å². The van der Waals surface area contributed by atoms with Crippen LogP contribution in [-0.4, -0.2) is 49.7 Å². The quantitative estimate of drug-likeness (QED) is 0.336. The maximum Gasteiger partial charge on any atom is 0.408 e. The van der Waals surface area contributed by atoms with Crippen molar-refractivity contribution >= 4 is 52.7 Å². The first-order valence-electron chi connectivity index (χ1n) is 13.0. The Kier molecular flexibility index (Phi) is 7.24. The predicted octanol–water partition coefficient (Wildman–Crippen LogP) is 6.94. The van der Waals surface area contributed by atoms with E-state index >= 15 is 0 Å². The molecule has 1 saturated carbocycles. The number of rotatable bonds is 4. The van der Waals surface area contributed by atoms with E-state index < -0.39 is 5.60 Å². The first-order chi connectivity index (χ1) is 17.9. The number of carbonyl (C=O) groups is 1. The summed E-state index contributed by atoms with van der Waals surface area (Å²) in [5.74, 6) is 0.867. The lowest BCUT2D eigenvalue weighted by molar-refractivity contribution is 0.0300. The Morgan fingerprint density at radius 1 is 1.13 bits per heavy atom. The van der Waals surface area contributed by atoms with E-state index in [0.717, 1.165) is 72.3 Å². The SMILES string of the molecule is Cc1cc(Sc2cnc(N3CCC4(CCCC4(C)NC(=O)OC(C)(C)C)CC3)n3ccnc23)c(Cl)c(Cl)n1. The number of aromatic nitrogens is 4. The number of hydrogen-bond acceptors (Lipinski definition) is 7. The Morgan fingerprint density at radius 2 is 1.87 bits per heavy atom. The molecule has 5 rings (SSSR count). The van der Waals surface area contributed by atoms with E-state index in [2.05, 4.69) is 27.1 Å². The normalized spacial score (nSPS) is 21.3. The van der Waals surface area contributed by atoms with Crippen LogP contribution in [0, 0.1) is 12.3 Å². The summed E-state index contributed by atoms with van der Waals surface area (Å²) in [6, 6.07) is 1.92. The van der Waals surface area contributed by atoms with Gasteiger partial charge in [-0.1, -0.05) is 41.4 Å². The molecule has 1 N–H and O–H groups in total. The number of amides is 1. The number of aryl methyl sites for hydroxylation is 1. The van der Waals surface area contributed by atoms with Crippen LogP contribution in [0.1, 0.15) is 65.5 Å². The van der Waals surface area contributed by atoms with Crippen LogP contribution in [0.3, 0.4) is 0 Å². The van der Waals surface area contributed by atoms with Crippen molar-refractivity contribution in [2.24, 2.45) is 5.41 Å². The number of nitrogens with one attached hydrogen (secondary N) is 1. The molecule has 1 amide bonds. The zero-order valence-corrected chi connectivity index (χ0v) is 24.8. The molecule has 11 heteroatoms. The number of hydrogen-bond donors (Lipinski definition) is 1.